The third-order valence-electron chi connectivity index (χ3n) is 1.46. The standard InChI is InChI=1S/C7H5Cl2N3S/c8-4-5-6(9)11-7(13-5)12-3-1-2-10-12/h1-3H,4H2. The molecule has 13 heavy (non-hydrogen) atoms. The van der Waals surface area contributed by atoms with Crippen molar-refractivity contribution in [3.63, 3.8) is 0 Å². The molecule has 0 saturated heterocycles. The van der Waals surface area contributed by atoms with Gasteiger partial charge in [0.2, 0.25) is 5.13 Å². The molecule has 0 atom stereocenters. The smallest absolute Gasteiger partial charge is 0.212 e. The summed E-state index contributed by atoms with van der Waals surface area (Å²) in [6.45, 7) is 0. The van der Waals surface area contributed by atoms with Crippen molar-refractivity contribution in [3.8, 4) is 5.13 Å². The summed E-state index contributed by atoms with van der Waals surface area (Å²) >= 11 is 12.9. The molecule has 0 saturated carbocycles. The summed E-state index contributed by atoms with van der Waals surface area (Å²) in [7, 11) is 0. The number of rotatable bonds is 2. The molecule has 0 aliphatic rings. The molecule has 0 aliphatic heterocycles. The predicted molar refractivity (Wildman–Crippen MR) is 53.8 cm³/mol. The van der Waals surface area contributed by atoms with Gasteiger partial charge in [-0.1, -0.05) is 22.9 Å². The van der Waals surface area contributed by atoms with E-state index in [1.807, 2.05) is 12.3 Å². The molecule has 0 aliphatic carbocycles. The molecule has 2 aromatic rings. The van der Waals surface area contributed by atoms with Gasteiger partial charge >= 0.3 is 0 Å². The molecule has 68 valence electrons. The molecule has 3 nitrogen and oxygen atoms in total. The van der Waals surface area contributed by atoms with Crippen molar-refractivity contribution < 1.29 is 0 Å². The van der Waals surface area contributed by atoms with Crippen LogP contribution in [0.3, 0.4) is 0 Å². The Morgan fingerprint density at radius 1 is 1.54 bits per heavy atom. The van der Waals surface area contributed by atoms with Gasteiger partial charge in [0, 0.05) is 12.4 Å². The second-order valence-corrected chi connectivity index (χ2v) is 3.98. The van der Waals surface area contributed by atoms with Crippen LogP contribution in [0.4, 0.5) is 0 Å². The summed E-state index contributed by atoms with van der Waals surface area (Å²) in [6, 6.07) is 1.83. The summed E-state index contributed by atoms with van der Waals surface area (Å²) in [6.07, 6.45) is 3.50. The Labute approximate surface area is 88.9 Å². The normalized spacial score (nSPS) is 10.6. The van der Waals surface area contributed by atoms with Crippen LogP contribution in [0.15, 0.2) is 18.5 Å². The van der Waals surface area contributed by atoms with E-state index < -0.39 is 0 Å². The molecule has 2 rings (SSSR count). The highest BCUT2D eigenvalue weighted by Crippen LogP contribution is 2.26. The number of thiazole rings is 1. The van der Waals surface area contributed by atoms with Crippen LogP contribution in [0.25, 0.3) is 5.13 Å². The molecule has 0 amide bonds. The topological polar surface area (TPSA) is 30.7 Å². The Balaban J connectivity index is 2.43. The van der Waals surface area contributed by atoms with Gasteiger partial charge in [-0.25, -0.2) is 9.67 Å². The van der Waals surface area contributed by atoms with E-state index in [0.717, 1.165) is 10.0 Å². The van der Waals surface area contributed by atoms with Crippen molar-refractivity contribution in [1.82, 2.24) is 14.8 Å². The van der Waals surface area contributed by atoms with Crippen molar-refractivity contribution >= 4 is 34.5 Å². The Morgan fingerprint density at radius 3 is 2.92 bits per heavy atom. The molecular weight excluding hydrogens is 229 g/mol. The lowest BCUT2D eigenvalue weighted by molar-refractivity contribution is 0.869. The molecule has 0 N–H and O–H groups in total. The minimum Gasteiger partial charge on any atom is -0.214 e. The first-order chi connectivity index (χ1) is 6.31. The van der Waals surface area contributed by atoms with E-state index >= 15 is 0 Å². The predicted octanol–water partition coefficient (Wildman–Crippen LogP) is 2.72. The highest BCUT2D eigenvalue weighted by Gasteiger charge is 2.09. The molecule has 2 heterocycles. The first-order valence-corrected chi connectivity index (χ1v) is 5.25. The van der Waals surface area contributed by atoms with Crippen LogP contribution in [0.1, 0.15) is 4.88 Å². The lowest BCUT2D eigenvalue weighted by Crippen LogP contribution is -1.91. The fourth-order valence-electron chi connectivity index (χ4n) is 0.884. The second kappa shape index (κ2) is 3.65. The molecule has 0 radical (unpaired) electrons. The van der Waals surface area contributed by atoms with Gasteiger partial charge in [-0.3, -0.25) is 0 Å². The summed E-state index contributed by atoms with van der Waals surface area (Å²) in [5.41, 5.74) is 0. The number of alkyl halides is 1. The van der Waals surface area contributed by atoms with Gasteiger partial charge in [0.25, 0.3) is 0 Å². The second-order valence-electron chi connectivity index (χ2n) is 2.29. The van der Waals surface area contributed by atoms with Crippen LogP contribution in [-0.4, -0.2) is 14.8 Å². The zero-order valence-corrected chi connectivity index (χ0v) is 8.77. The van der Waals surface area contributed by atoms with Crippen LogP contribution in [0.2, 0.25) is 5.15 Å². The summed E-state index contributed by atoms with van der Waals surface area (Å²) in [5.74, 6) is 0.387. The third kappa shape index (κ3) is 1.70. The van der Waals surface area contributed by atoms with E-state index in [2.05, 4.69) is 10.1 Å². The largest absolute Gasteiger partial charge is 0.214 e. The Kier molecular flexibility index (Phi) is 2.53. The van der Waals surface area contributed by atoms with Crippen LogP contribution >= 0.6 is 34.5 Å². The van der Waals surface area contributed by atoms with Crippen LogP contribution in [0.5, 0.6) is 0 Å². The monoisotopic (exact) mass is 233 g/mol. The maximum atomic E-state index is 5.84. The molecule has 0 aromatic carbocycles. The van der Waals surface area contributed by atoms with E-state index in [1.165, 1.54) is 11.3 Å². The van der Waals surface area contributed by atoms with E-state index in [-0.39, 0.29) is 0 Å². The van der Waals surface area contributed by atoms with Crippen molar-refractivity contribution in [2.75, 3.05) is 0 Å². The van der Waals surface area contributed by atoms with Crippen LogP contribution in [0, 0.1) is 0 Å². The van der Waals surface area contributed by atoms with Crippen molar-refractivity contribution in [2.24, 2.45) is 0 Å². The highest BCUT2D eigenvalue weighted by atomic mass is 35.5. The van der Waals surface area contributed by atoms with Gasteiger partial charge in [0.1, 0.15) is 5.15 Å². The maximum absolute atomic E-state index is 5.84. The molecule has 0 bridgehead atoms. The van der Waals surface area contributed by atoms with Crippen molar-refractivity contribution in [1.29, 1.82) is 0 Å². The average molecular weight is 234 g/mol. The molecule has 6 heteroatoms. The Hall–Kier alpha value is -0.580. The van der Waals surface area contributed by atoms with Gasteiger partial charge in [-0.2, -0.15) is 5.10 Å². The lowest BCUT2D eigenvalue weighted by Gasteiger charge is -1.90. The summed E-state index contributed by atoms with van der Waals surface area (Å²) < 4.78 is 1.66. The van der Waals surface area contributed by atoms with Gasteiger partial charge in [-0.05, 0) is 6.07 Å². The van der Waals surface area contributed by atoms with Crippen LogP contribution in [-0.2, 0) is 5.88 Å². The fraction of sp³-hybridized carbons (Fsp3) is 0.143. The number of nitrogens with zero attached hydrogens (tertiary/aromatic N) is 3. The fourth-order valence-corrected chi connectivity index (χ4v) is 2.30. The number of halogens is 2. The van der Waals surface area contributed by atoms with Gasteiger partial charge in [0.05, 0.1) is 10.8 Å². The third-order valence-corrected chi connectivity index (χ3v) is 3.36. The molecule has 0 fully saturated rings. The van der Waals surface area contributed by atoms with E-state index in [4.69, 9.17) is 23.2 Å². The zero-order valence-electron chi connectivity index (χ0n) is 6.44. The summed E-state index contributed by atoms with van der Waals surface area (Å²) in [5, 5.41) is 5.24. The van der Waals surface area contributed by atoms with E-state index in [0.29, 0.717) is 11.0 Å². The maximum Gasteiger partial charge on any atom is 0.212 e. The minimum absolute atomic E-state index is 0.387. The van der Waals surface area contributed by atoms with Gasteiger partial charge in [-0.15, -0.1) is 11.6 Å². The number of aromatic nitrogens is 3. The average Bonchev–Trinajstić information content (AvgIpc) is 2.71. The first kappa shape index (κ1) is 8.99. The molecular formula is C7H5Cl2N3S. The molecule has 0 unspecified atom stereocenters. The minimum atomic E-state index is 0.387. The SMILES string of the molecule is ClCc1sc(-n2cccn2)nc1Cl. The number of hydrogen-bond donors (Lipinski definition) is 0. The van der Waals surface area contributed by atoms with E-state index in [1.54, 1.807) is 10.9 Å². The van der Waals surface area contributed by atoms with E-state index in [9.17, 15) is 0 Å². The van der Waals surface area contributed by atoms with Gasteiger partial charge in [0.15, 0.2) is 0 Å². The van der Waals surface area contributed by atoms with Gasteiger partial charge < -0.3 is 0 Å². The van der Waals surface area contributed by atoms with Crippen molar-refractivity contribution in [3.05, 3.63) is 28.5 Å². The first-order valence-electron chi connectivity index (χ1n) is 3.52. The van der Waals surface area contributed by atoms with Crippen LogP contribution < -0.4 is 0 Å². The quantitative estimate of drug-likeness (QED) is 0.748. The highest BCUT2D eigenvalue weighted by molar-refractivity contribution is 7.14. The lowest BCUT2D eigenvalue weighted by atomic mass is 10.6. The Morgan fingerprint density at radius 2 is 2.38 bits per heavy atom. The van der Waals surface area contributed by atoms with Crippen molar-refractivity contribution in [2.45, 2.75) is 5.88 Å². The molecule has 2 aromatic heterocycles. The zero-order chi connectivity index (χ0) is 9.26. The summed E-state index contributed by atoms with van der Waals surface area (Å²) in [4.78, 5) is 4.99. The molecule has 0 spiro atoms. The Bertz CT molecular complexity index is 396. The number of hydrogen-bond acceptors (Lipinski definition) is 3.